The lowest BCUT2D eigenvalue weighted by Crippen LogP contribution is -2.14. The Labute approximate surface area is 160 Å². The standard InChI is InChI=1S/C21H18F3N3O/c22-21(23,24)16-7-3-6-15(11-16)20(28)25-17-8-4-5-14(12-17)18-13-27-10-2-1-9-19(27)26-18/h3-8,11-13H,1-2,9-10H2,(H,25,28). The fourth-order valence-corrected chi connectivity index (χ4v) is 3.35. The first-order chi connectivity index (χ1) is 13.4. The molecule has 0 bridgehead atoms. The van der Waals surface area contributed by atoms with E-state index in [-0.39, 0.29) is 5.56 Å². The molecule has 0 spiro atoms. The number of aryl methyl sites for hydroxylation is 2. The second-order valence-electron chi connectivity index (χ2n) is 6.81. The number of alkyl halides is 3. The maximum Gasteiger partial charge on any atom is 0.416 e. The topological polar surface area (TPSA) is 46.9 Å². The largest absolute Gasteiger partial charge is 0.416 e. The number of nitrogens with one attached hydrogen (secondary N) is 1. The third-order valence-electron chi connectivity index (χ3n) is 4.78. The smallest absolute Gasteiger partial charge is 0.334 e. The van der Waals surface area contributed by atoms with Gasteiger partial charge in [0, 0.05) is 36.0 Å². The van der Waals surface area contributed by atoms with Crippen LogP contribution in [0.15, 0.2) is 54.7 Å². The van der Waals surface area contributed by atoms with Gasteiger partial charge in [-0.25, -0.2) is 4.98 Å². The molecule has 28 heavy (non-hydrogen) atoms. The van der Waals surface area contributed by atoms with Crippen LogP contribution in [0.3, 0.4) is 0 Å². The average Bonchev–Trinajstić information content (AvgIpc) is 3.12. The van der Waals surface area contributed by atoms with Crippen LogP contribution in [0.1, 0.15) is 34.6 Å². The molecule has 0 radical (unpaired) electrons. The van der Waals surface area contributed by atoms with Crippen molar-refractivity contribution < 1.29 is 18.0 Å². The van der Waals surface area contributed by atoms with Crippen molar-refractivity contribution in [2.45, 2.75) is 32.0 Å². The number of benzene rings is 2. The van der Waals surface area contributed by atoms with E-state index in [1.54, 1.807) is 18.2 Å². The molecule has 1 N–H and O–H groups in total. The highest BCUT2D eigenvalue weighted by atomic mass is 19.4. The minimum atomic E-state index is -4.49. The quantitative estimate of drug-likeness (QED) is 0.677. The lowest BCUT2D eigenvalue weighted by atomic mass is 10.1. The minimum Gasteiger partial charge on any atom is -0.334 e. The molecule has 4 nitrogen and oxygen atoms in total. The van der Waals surface area contributed by atoms with Gasteiger partial charge in [-0.3, -0.25) is 4.79 Å². The highest BCUT2D eigenvalue weighted by molar-refractivity contribution is 6.04. The van der Waals surface area contributed by atoms with Crippen LogP contribution >= 0.6 is 0 Å². The van der Waals surface area contributed by atoms with Gasteiger partial charge in [0.2, 0.25) is 0 Å². The molecule has 1 aromatic heterocycles. The second kappa shape index (κ2) is 7.14. The summed E-state index contributed by atoms with van der Waals surface area (Å²) in [5, 5.41) is 2.67. The van der Waals surface area contributed by atoms with Crippen molar-refractivity contribution in [3.8, 4) is 11.3 Å². The molecular weight excluding hydrogens is 367 g/mol. The van der Waals surface area contributed by atoms with Crippen molar-refractivity contribution in [2.24, 2.45) is 0 Å². The maximum atomic E-state index is 12.9. The average molecular weight is 385 g/mol. The molecule has 3 aromatic rings. The van der Waals surface area contributed by atoms with Crippen LogP contribution in [0.2, 0.25) is 0 Å². The van der Waals surface area contributed by atoms with Gasteiger partial charge in [-0.1, -0.05) is 18.2 Å². The number of imidazole rings is 1. The first kappa shape index (κ1) is 18.3. The van der Waals surface area contributed by atoms with Gasteiger partial charge in [-0.15, -0.1) is 0 Å². The van der Waals surface area contributed by atoms with Crippen LogP contribution in [0.5, 0.6) is 0 Å². The van der Waals surface area contributed by atoms with Gasteiger partial charge in [0.15, 0.2) is 0 Å². The van der Waals surface area contributed by atoms with E-state index in [1.165, 1.54) is 12.1 Å². The number of hydrogen-bond donors (Lipinski definition) is 1. The molecule has 0 saturated heterocycles. The van der Waals surface area contributed by atoms with Crippen molar-refractivity contribution >= 4 is 11.6 Å². The summed E-state index contributed by atoms with van der Waals surface area (Å²) < 4.78 is 40.7. The SMILES string of the molecule is O=C(Nc1cccc(-c2cn3c(n2)CCCC3)c1)c1cccc(C(F)(F)F)c1. The molecule has 4 rings (SSSR count). The summed E-state index contributed by atoms with van der Waals surface area (Å²) in [5.74, 6) is 0.465. The van der Waals surface area contributed by atoms with Crippen LogP contribution in [0, 0.1) is 0 Å². The number of nitrogens with zero attached hydrogens (tertiary/aromatic N) is 2. The van der Waals surface area contributed by atoms with E-state index in [0.717, 1.165) is 55.0 Å². The Morgan fingerprint density at radius 2 is 1.89 bits per heavy atom. The molecule has 0 saturated carbocycles. The molecule has 2 heterocycles. The van der Waals surface area contributed by atoms with E-state index >= 15 is 0 Å². The summed E-state index contributed by atoms with van der Waals surface area (Å²) in [6.45, 7) is 0.953. The lowest BCUT2D eigenvalue weighted by molar-refractivity contribution is -0.137. The molecule has 144 valence electrons. The van der Waals surface area contributed by atoms with E-state index in [4.69, 9.17) is 0 Å². The van der Waals surface area contributed by atoms with E-state index in [9.17, 15) is 18.0 Å². The van der Waals surface area contributed by atoms with Crippen LogP contribution in [-0.2, 0) is 19.1 Å². The zero-order valence-electron chi connectivity index (χ0n) is 15.0. The maximum absolute atomic E-state index is 12.9. The van der Waals surface area contributed by atoms with Gasteiger partial charge in [-0.2, -0.15) is 13.2 Å². The number of aromatic nitrogens is 2. The number of amides is 1. The molecule has 1 aliphatic rings. The van der Waals surface area contributed by atoms with E-state index in [2.05, 4.69) is 14.9 Å². The van der Waals surface area contributed by atoms with Gasteiger partial charge in [0.1, 0.15) is 5.82 Å². The van der Waals surface area contributed by atoms with Gasteiger partial charge in [-0.05, 0) is 43.2 Å². The van der Waals surface area contributed by atoms with Crippen molar-refractivity contribution in [3.05, 3.63) is 71.7 Å². The number of carbonyl (C=O) groups excluding carboxylic acids is 1. The zero-order chi connectivity index (χ0) is 19.7. The fraction of sp³-hybridized carbons (Fsp3) is 0.238. The Morgan fingerprint density at radius 3 is 2.68 bits per heavy atom. The van der Waals surface area contributed by atoms with Gasteiger partial charge >= 0.3 is 6.18 Å². The Kier molecular flexibility index (Phi) is 4.66. The number of carbonyl (C=O) groups is 1. The van der Waals surface area contributed by atoms with E-state index in [1.807, 2.05) is 12.3 Å². The number of hydrogen-bond acceptors (Lipinski definition) is 2. The Hall–Kier alpha value is -3.09. The molecular formula is C21H18F3N3O. The summed E-state index contributed by atoms with van der Waals surface area (Å²) >= 11 is 0. The zero-order valence-corrected chi connectivity index (χ0v) is 15.0. The van der Waals surface area contributed by atoms with Crippen molar-refractivity contribution in [1.29, 1.82) is 0 Å². The van der Waals surface area contributed by atoms with Crippen LogP contribution in [0.4, 0.5) is 18.9 Å². The van der Waals surface area contributed by atoms with Gasteiger partial charge in [0.25, 0.3) is 5.91 Å². The summed E-state index contributed by atoms with van der Waals surface area (Å²) in [7, 11) is 0. The number of rotatable bonds is 3. The van der Waals surface area contributed by atoms with Gasteiger partial charge < -0.3 is 9.88 Å². The molecule has 1 amide bonds. The molecule has 0 aliphatic carbocycles. The third kappa shape index (κ3) is 3.78. The monoisotopic (exact) mass is 385 g/mol. The van der Waals surface area contributed by atoms with Crippen LogP contribution in [0.25, 0.3) is 11.3 Å². The summed E-state index contributed by atoms with van der Waals surface area (Å²) in [5.41, 5.74) is 1.29. The summed E-state index contributed by atoms with van der Waals surface area (Å²) in [4.78, 5) is 17.1. The summed E-state index contributed by atoms with van der Waals surface area (Å²) in [6.07, 6.45) is 0.726. The number of halogens is 3. The first-order valence-electron chi connectivity index (χ1n) is 9.05. The molecule has 0 fully saturated rings. The normalized spacial score (nSPS) is 13.8. The highest BCUT2D eigenvalue weighted by Crippen LogP contribution is 2.30. The second-order valence-corrected chi connectivity index (χ2v) is 6.81. The lowest BCUT2D eigenvalue weighted by Gasteiger charge is -2.11. The van der Waals surface area contributed by atoms with E-state index in [0.29, 0.717) is 5.69 Å². The number of fused-ring (bicyclic) bond motifs is 1. The van der Waals surface area contributed by atoms with Crippen molar-refractivity contribution in [1.82, 2.24) is 9.55 Å². The predicted octanol–water partition coefficient (Wildman–Crippen LogP) is 5.16. The molecule has 1 aliphatic heterocycles. The molecule has 0 unspecified atom stereocenters. The van der Waals surface area contributed by atoms with Crippen LogP contribution in [-0.4, -0.2) is 15.5 Å². The molecule has 7 heteroatoms. The van der Waals surface area contributed by atoms with Crippen molar-refractivity contribution in [2.75, 3.05) is 5.32 Å². The van der Waals surface area contributed by atoms with Crippen LogP contribution < -0.4 is 5.32 Å². The Balaban J connectivity index is 1.55. The van der Waals surface area contributed by atoms with E-state index < -0.39 is 17.6 Å². The first-order valence-corrected chi connectivity index (χ1v) is 9.05. The minimum absolute atomic E-state index is 0.0438. The molecule has 0 atom stereocenters. The van der Waals surface area contributed by atoms with Gasteiger partial charge in [0.05, 0.1) is 11.3 Å². The predicted molar refractivity (Wildman–Crippen MR) is 100.0 cm³/mol. The molecule has 2 aromatic carbocycles. The Morgan fingerprint density at radius 1 is 1.07 bits per heavy atom. The summed E-state index contributed by atoms with van der Waals surface area (Å²) in [6, 6.07) is 11.5. The van der Waals surface area contributed by atoms with Crippen molar-refractivity contribution in [3.63, 3.8) is 0 Å². The Bertz CT molecular complexity index is 1000. The fourth-order valence-electron chi connectivity index (χ4n) is 3.35. The highest BCUT2D eigenvalue weighted by Gasteiger charge is 2.30. The number of anilines is 1. The third-order valence-corrected chi connectivity index (χ3v) is 4.78.